The lowest BCUT2D eigenvalue weighted by atomic mass is 10.2. The van der Waals surface area contributed by atoms with Crippen molar-refractivity contribution >= 4 is 21.7 Å². The number of rotatable bonds is 6. The van der Waals surface area contributed by atoms with Gasteiger partial charge in [0.05, 0.1) is 18.1 Å². The molecule has 0 bridgehead atoms. The van der Waals surface area contributed by atoms with Crippen molar-refractivity contribution in [3.8, 4) is 0 Å². The standard InChI is InChI=1S/C13H25N3O4S/c1-4-16(5-2)13(18)9-15(3)12(17)8-11-10-21(19,20)7-6-14-11/h11,14H,4-10H2,1-3H3. The largest absolute Gasteiger partial charge is 0.342 e. The third kappa shape index (κ3) is 5.62. The first-order chi connectivity index (χ1) is 9.79. The quantitative estimate of drug-likeness (QED) is 0.685. The van der Waals surface area contributed by atoms with E-state index >= 15 is 0 Å². The zero-order chi connectivity index (χ0) is 16.0. The van der Waals surface area contributed by atoms with E-state index in [0.29, 0.717) is 19.6 Å². The van der Waals surface area contributed by atoms with Crippen LogP contribution in [0.25, 0.3) is 0 Å². The van der Waals surface area contributed by atoms with Gasteiger partial charge in [0.15, 0.2) is 9.84 Å². The number of hydrogen-bond donors (Lipinski definition) is 1. The number of sulfone groups is 1. The van der Waals surface area contributed by atoms with E-state index in [0.717, 1.165) is 0 Å². The summed E-state index contributed by atoms with van der Waals surface area (Å²) in [7, 11) is -1.49. The van der Waals surface area contributed by atoms with Gasteiger partial charge in [-0.2, -0.15) is 0 Å². The normalized spacial score (nSPS) is 20.8. The van der Waals surface area contributed by atoms with Crippen LogP contribution in [-0.4, -0.2) is 80.8 Å². The fourth-order valence-corrected chi connectivity index (χ4v) is 3.78. The molecule has 1 heterocycles. The van der Waals surface area contributed by atoms with E-state index in [1.165, 1.54) is 4.90 Å². The van der Waals surface area contributed by atoms with E-state index in [4.69, 9.17) is 0 Å². The van der Waals surface area contributed by atoms with Crippen LogP contribution in [0.4, 0.5) is 0 Å². The van der Waals surface area contributed by atoms with Crippen LogP contribution in [0.15, 0.2) is 0 Å². The van der Waals surface area contributed by atoms with Crippen LogP contribution in [0.1, 0.15) is 20.3 Å². The van der Waals surface area contributed by atoms with Crippen molar-refractivity contribution in [2.75, 3.05) is 44.7 Å². The van der Waals surface area contributed by atoms with Crippen LogP contribution in [-0.2, 0) is 19.4 Å². The Morgan fingerprint density at radius 1 is 1.19 bits per heavy atom. The molecule has 1 aliphatic heterocycles. The van der Waals surface area contributed by atoms with Crippen LogP contribution in [0.2, 0.25) is 0 Å². The third-order valence-electron chi connectivity index (χ3n) is 3.64. The van der Waals surface area contributed by atoms with Crippen molar-refractivity contribution in [2.45, 2.75) is 26.3 Å². The van der Waals surface area contributed by atoms with Gasteiger partial charge in [0.25, 0.3) is 0 Å². The number of nitrogens with zero attached hydrogens (tertiary/aromatic N) is 2. The predicted octanol–water partition coefficient (Wildman–Crippen LogP) is -0.910. The fraction of sp³-hybridized carbons (Fsp3) is 0.846. The minimum Gasteiger partial charge on any atom is -0.342 e. The highest BCUT2D eigenvalue weighted by molar-refractivity contribution is 7.91. The number of carbonyl (C=O) groups is 2. The molecule has 21 heavy (non-hydrogen) atoms. The first-order valence-electron chi connectivity index (χ1n) is 7.24. The Labute approximate surface area is 126 Å². The maximum atomic E-state index is 12.1. The second-order valence-corrected chi connectivity index (χ2v) is 7.51. The third-order valence-corrected chi connectivity index (χ3v) is 5.37. The molecule has 1 unspecified atom stereocenters. The Morgan fingerprint density at radius 3 is 2.33 bits per heavy atom. The molecule has 1 rings (SSSR count). The Morgan fingerprint density at radius 2 is 1.81 bits per heavy atom. The number of carbonyl (C=O) groups excluding carboxylic acids is 2. The number of nitrogens with one attached hydrogen (secondary N) is 1. The zero-order valence-electron chi connectivity index (χ0n) is 13.0. The van der Waals surface area contributed by atoms with Crippen LogP contribution in [0, 0.1) is 0 Å². The maximum absolute atomic E-state index is 12.1. The molecule has 0 radical (unpaired) electrons. The molecule has 2 amide bonds. The van der Waals surface area contributed by atoms with Crippen molar-refractivity contribution in [3.05, 3.63) is 0 Å². The minimum absolute atomic E-state index is 0.0173. The highest BCUT2D eigenvalue weighted by Gasteiger charge is 2.27. The molecular weight excluding hydrogens is 294 g/mol. The highest BCUT2D eigenvalue weighted by atomic mass is 32.2. The molecule has 122 valence electrons. The van der Waals surface area contributed by atoms with Gasteiger partial charge >= 0.3 is 0 Å². The first kappa shape index (κ1) is 17.9. The van der Waals surface area contributed by atoms with Crippen molar-refractivity contribution < 1.29 is 18.0 Å². The maximum Gasteiger partial charge on any atom is 0.242 e. The molecule has 1 N–H and O–H groups in total. The van der Waals surface area contributed by atoms with Gasteiger partial charge in [-0.15, -0.1) is 0 Å². The summed E-state index contributed by atoms with van der Waals surface area (Å²) in [6.45, 7) is 5.40. The monoisotopic (exact) mass is 319 g/mol. The van der Waals surface area contributed by atoms with Crippen molar-refractivity contribution in [1.29, 1.82) is 0 Å². The summed E-state index contributed by atoms with van der Waals surface area (Å²) in [6.07, 6.45) is 0.0985. The summed E-state index contributed by atoms with van der Waals surface area (Å²) < 4.78 is 23.1. The van der Waals surface area contributed by atoms with Gasteiger partial charge in [-0.05, 0) is 13.8 Å². The van der Waals surface area contributed by atoms with Crippen molar-refractivity contribution in [3.63, 3.8) is 0 Å². The van der Waals surface area contributed by atoms with Gasteiger partial charge in [0.1, 0.15) is 0 Å². The van der Waals surface area contributed by atoms with Gasteiger partial charge in [-0.1, -0.05) is 0 Å². The number of amides is 2. The second kappa shape index (κ2) is 7.74. The van der Waals surface area contributed by atoms with Crippen LogP contribution in [0.5, 0.6) is 0 Å². The van der Waals surface area contributed by atoms with Gasteiger partial charge in [-0.3, -0.25) is 9.59 Å². The van der Waals surface area contributed by atoms with E-state index in [-0.39, 0.29) is 42.3 Å². The molecule has 0 aromatic heterocycles. The molecule has 1 aliphatic rings. The molecule has 0 spiro atoms. The summed E-state index contributed by atoms with van der Waals surface area (Å²) in [4.78, 5) is 27.0. The topological polar surface area (TPSA) is 86.8 Å². The van der Waals surface area contributed by atoms with Crippen LogP contribution < -0.4 is 5.32 Å². The zero-order valence-corrected chi connectivity index (χ0v) is 13.8. The van der Waals surface area contributed by atoms with Crippen molar-refractivity contribution in [1.82, 2.24) is 15.1 Å². The van der Waals surface area contributed by atoms with Gasteiger partial charge in [0, 0.05) is 39.1 Å². The molecule has 1 fully saturated rings. The SMILES string of the molecule is CCN(CC)C(=O)CN(C)C(=O)CC1CS(=O)(=O)CCN1. The minimum atomic E-state index is -3.06. The lowest BCUT2D eigenvalue weighted by Crippen LogP contribution is -2.48. The summed E-state index contributed by atoms with van der Waals surface area (Å²) >= 11 is 0. The van der Waals surface area contributed by atoms with Gasteiger partial charge in [0.2, 0.25) is 11.8 Å². The molecule has 1 saturated heterocycles. The van der Waals surface area contributed by atoms with E-state index < -0.39 is 9.84 Å². The summed E-state index contributed by atoms with van der Waals surface area (Å²) in [5.41, 5.74) is 0. The number of hydrogen-bond acceptors (Lipinski definition) is 5. The predicted molar refractivity (Wildman–Crippen MR) is 80.6 cm³/mol. The Hall–Kier alpha value is -1.15. The van der Waals surface area contributed by atoms with E-state index in [1.807, 2.05) is 13.8 Å². The van der Waals surface area contributed by atoms with Gasteiger partial charge in [-0.25, -0.2) is 8.42 Å². The smallest absolute Gasteiger partial charge is 0.242 e. The molecule has 8 heteroatoms. The summed E-state index contributed by atoms with van der Waals surface area (Å²) in [6, 6.07) is -0.359. The summed E-state index contributed by atoms with van der Waals surface area (Å²) in [5, 5.41) is 3.04. The first-order valence-corrected chi connectivity index (χ1v) is 9.06. The Balaban J connectivity index is 2.49. The van der Waals surface area contributed by atoms with E-state index in [9.17, 15) is 18.0 Å². The highest BCUT2D eigenvalue weighted by Crippen LogP contribution is 2.07. The summed E-state index contributed by atoms with van der Waals surface area (Å²) in [5.74, 6) is -0.213. The average molecular weight is 319 g/mol. The molecular formula is C13H25N3O4S. The molecule has 0 saturated carbocycles. The second-order valence-electron chi connectivity index (χ2n) is 5.29. The fourth-order valence-electron chi connectivity index (χ4n) is 2.33. The molecule has 1 atom stereocenters. The lowest BCUT2D eigenvalue weighted by Gasteiger charge is -2.27. The van der Waals surface area contributed by atoms with Gasteiger partial charge < -0.3 is 15.1 Å². The molecule has 0 aromatic carbocycles. The van der Waals surface area contributed by atoms with E-state index in [1.54, 1.807) is 11.9 Å². The number of likely N-dealkylation sites (N-methyl/N-ethyl adjacent to an activating group) is 2. The molecule has 0 aliphatic carbocycles. The Bertz CT molecular complexity index is 474. The van der Waals surface area contributed by atoms with Crippen molar-refractivity contribution in [2.24, 2.45) is 0 Å². The molecule has 7 nitrogen and oxygen atoms in total. The van der Waals surface area contributed by atoms with Crippen LogP contribution >= 0.6 is 0 Å². The average Bonchev–Trinajstić information content (AvgIpc) is 2.38. The lowest BCUT2D eigenvalue weighted by molar-refractivity contribution is -0.139. The molecule has 0 aromatic rings. The Kier molecular flexibility index (Phi) is 6.60. The van der Waals surface area contributed by atoms with E-state index in [2.05, 4.69) is 5.32 Å². The van der Waals surface area contributed by atoms with Crippen LogP contribution in [0.3, 0.4) is 0 Å².